The molecule has 0 heterocycles. The second-order valence-electron chi connectivity index (χ2n) is 3.87. The Morgan fingerprint density at radius 2 is 2.20 bits per heavy atom. The van der Waals surface area contributed by atoms with Crippen molar-refractivity contribution in [2.75, 3.05) is 6.61 Å². The van der Waals surface area contributed by atoms with Gasteiger partial charge in [0.25, 0.3) is 0 Å². The summed E-state index contributed by atoms with van der Waals surface area (Å²) < 4.78 is 4.76. The molecule has 0 unspecified atom stereocenters. The van der Waals surface area contributed by atoms with Crippen LogP contribution in [-0.2, 0) is 9.53 Å². The molecule has 0 aliphatic rings. The topological polar surface area (TPSA) is 50.1 Å². The van der Waals surface area contributed by atoms with Crippen molar-refractivity contribution in [3.05, 3.63) is 24.3 Å². The first-order valence-electron chi connectivity index (χ1n) is 4.88. The number of allylic oxidation sites excluding steroid dienone is 2. The van der Waals surface area contributed by atoms with Gasteiger partial charge >= 0.3 is 5.97 Å². The van der Waals surface area contributed by atoms with E-state index in [1.807, 2.05) is 19.9 Å². The second kappa shape index (κ2) is 6.02. The highest BCUT2D eigenvalue weighted by Gasteiger charge is 2.18. The van der Waals surface area contributed by atoms with Gasteiger partial charge in [0.15, 0.2) is 0 Å². The maximum absolute atomic E-state index is 11.3. The molecule has 0 radical (unpaired) electrons. The van der Waals surface area contributed by atoms with Gasteiger partial charge in [-0.2, -0.15) is 5.26 Å². The largest absolute Gasteiger partial charge is 0.462 e. The Labute approximate surface area is 91.0 Å². The Balaban J connectivity index is 4.81. The van der Waals surface area contributed by atoms with Crippen molar-refractivity contribution in [3.63, 3.8) is 0 Å². The van der Waals surface area contributed by atoms with Crippen molar-refractivity contribution in [3.8, 4) is 6.07 Å². The van der Waals surface area contributed by atoms with Gasteiger partial charge in [0.1, 0.15) is 11.6 Å². The highest BCUT2D eigenvalue weighted by molar-refractivity contribution is 5.92. The lowest BCUT2D eigenvalue weighted by atomic mass is 9.87. The number of nitriles is 1. The summed E-state index contributed by atoms with van der Waals surface area (Å²) in [6.45, 7) is 9.49. The summed E-state index contributed by atoms with van der Waals surface area (Å²) in [7, 11) is 0. The normalized spacial score (nSPS) is 11.7. The number of esters is 1. The first kappa shape index (κ1) is 13.4. The smallest absolute Gasteiger partial charge is 0.348 e. The maximum Gasteiger partial charge on any atom is 0.348 e. The monoisotopic (exact) mass is 207 g/mol. The van der Waals surface area contributed by atoms with Crippen molar-refractivity contribution in [2.45, 2.75) is 27.2 Å². The lowest BCUT2D eigenvalue weighted by Crippen LogP contribution is -2.12. The van der Waals surface area contributed by atoms with E-state index in [9.17, 15) is 4.79 Å². The van der Waals surface area contributed by atoms with Crippen molar-refractivity contribution in [1.82, 2.24) is 0 Å². The zero-order chi connectivity index (χ0) is 11.9. The van der Waals surface area contributed by atoms with Crippen molar-refractivity contribution >= 4 is 5.97 Å². The van der Waals surface area contributed by atoms with Gasteiger partial charge in [-0.15, -0.1) is 6.58 Å². The summed E-state index contributed by atoms with van der Waals surface area (Å²) >= 11 is 0. The fourth-order valence-electron chi connectivity index (χ4n) is 1.17. The molecule has 82 valence electrons. The molecule has 0 spiro atoms. The van der Waals surface area contributed by atoms with E-state index in [1.165, 1.54) is 0 Å². The van der Waals surface area contributed by atoms with Crippen LogP contribution in [0.5, 0.6) is 0 Å². The van der Waals surface area contributed by atoms with Crippen LogP contribution >= 0.6 is 0 Å². The van der Waals surface area contributed by atoms with Crippen LogP contribution in [0.4, 0.5) is 0 Å². The van der Waals surface area contributed by atoms with E-state index in [0.717, 1.165) is 0 Å². The quantitative estimate of drug-likeness (QED) is 0.301. The lowest BCUT2D eigenvalue weighted by Gasteiger charge is -2.17. The first-order chi connectivity index (χ1) is 6.96. The molecule has 0 N–H and O–H groups in total. The molecule has 0 fully saturated rings. The molecule has 0 aliphatic carbocycles. The fourth-order valence-corrected chi connectivity index (χ4v) is 1.17. The predicted octanol–water partition coefficient (Wildman–Crippen LogP) is 2.60. The van der Waals surface area contributed by atoms with Gasteiger partial charge in [-0.05, 0) is 18.8 Å². The van der Waals surface area contributed by atoms with E-state index in [1.54, 1.807) is 19.1 Å². The minimum Gasteiger partial charge on any atom is -0.462 e. The molecular formula is C12H17NO2. The summed E-state index contributed by atoms with van der Waals surface area (Å²) in [6, 6.07) is 1.85. The molecule has 0 aromatic heterocycles. The summed E-state index contributed by atoms with van der Waals surface area (Å²) in [5, 5.41) is 8.81. The number of nitrogens with zero attached hydrogens (tertiary/aromatic N) is 1. The van der Waals surface area contributed by atoms with Crippen LogP contribution < -0.4 is 0 Å². The molecule has 3 nitrogen and oxygen atoms in total. The van der Waals surface area contributed by atoms with Crippen LogP contribution in [0.15, 0.2) is 24.3 Å². The van der Waals surface area contributed by atoms with Gasteiger partial charge in [0.2, 0.25) is 0 Å². The van der Waals surface area contributed by atoms with E-state index in [2.05, 4.69) is 6.58 Å². The van der Waals surface area contributed by atoms with Gasteiger partial charge in [0, 0.05) is 0 Å². The first-order valence-corrected chi connectivity index (χ1v) is 4.88. The van der Waals surface area contributed by atoms with Crippen molar-refractivity contribution in [1.29, 1.82) is 5.26 Å². The standard InChI is InChI=1S/C12H17NO2/c1-5-7-12(3,4)8-10(9-13)11(14)15-6-2/h5,8H,1,6-7H2,2-4H3. The average Bonchev–Trinajstić information content (AvgIpc) is 2.14. The van der Waals surface area contributed by atoms with E-state index in [-0.39, 0.29) is 17.6 Å². The summed E-state index contributed by atoms with van der Waals surface area (Å²) in [5.41, 5.74) is -0.191. The molecular weight excluding hydrogens is 190 g/mol. The zero-order valence-corrected chi connectivity index (χ0v) is 9.54. The highest BCUT2D eigenvalue weighted by atomic mass is 16.5. The molecule has 15 heavy (non-hydrogen) atoms. The van der Waals surface area contributed by atoms with Crippen molar-refractivity contribution < 1.29 is 9.53 Å². The van der Waals surface area contributed by atoms with Gasteiger partial charge in [-0.1, -0.05) is 26.0 Å². The van der Waals surface area contributed by atoms with Crippen LogP contribution in [0.3, 0.4) is 0 Å². The van der Waals surface area contributed by atoms with Crippen LogP contribution in [0.1, 0.15) is 27.2 Å². The molecule has 0 rings (SSSR count). The molecule has 0 aliphatic heterocycles. The third kappa shape index (κ3) is 5.02. The minimum atomic E-state index is -0.558. The Kier molecular flexibility index (Phi) is 5.40. The van der Waals surface area contributed by atoms with Gasteiger partial charge < -0.3 is 4.74 Å². The molecule has 0 bridgehead atoms. The summed E-state index contributed by atoms with van der Waals surface area (Å²) in [5.74, 6) is -0.558. The van der Waals surface area contributed by atoms with Crippen LogP contribution in [-0.4, -0.2) is 12.6 Å². The third-order valence-electron chi connectivity index (χ3n) is 1.82. The fraction of sp³-hybridized carbons (Fsp3) is 0.500. The summed E-state index contributed by atoms with van der Waals surface area (Å²) in [6.07, 6.45) is 4.10. The highest BCUT2D eigenvalue weighted by Crippen LogP contribution is 2.24. The Hall–Kier alpha value is -1.56. The average molecular weight is 207 g/mol. The SMILES string of the molecule is C=CCC(C)(C)C=C(C#N)C(=O)OCC. The number of ether oxygens (including phenoxy) is 1. The number of carbonyl (C=O) groups excluding carboxylic acids is 1. The Morgan fingerprint density at radius 1 is 1.60 bits per heavy atom. The van der Waals surface area contributed by atoms with Gasteiger partial charge in [-0.25, -0.2) is 4.79 Å². The maximum atomic E-state index is 11.3. The minimum absolute atomic E-state index is 0.0590. The molecule has 0 amide bonds. The van der Waals surface area contributed by atoms with Crippen LogP contribution in [0.2, 0.25) is 0 Å². The molecule has 3 heteroatoms. The molecule has 0 aromatic rings. The molecule has 0 saturated heterocycles. The van der Waals surface area contributed by atoms with Gasteiger partial charge in [-0.3, -0.25) is 0 Å². The summed E-state index contributed by atoms with van der Waals surface area (Å²) in [4.78, 5) is 11.3. The Morgan fingerprint density at radius 3 is 2.60 bits per heavy atom. The molecule has 0 atom stereocenters. The molecule has 0 saturated carbocycles. The van der Waals surface area contributed by atoms with E-state index in [0.29, 0.717) is 6.42 Å². The Bertz CT molecular complexity index is 308. The van der Waals surface area contributed by atoms with Crippen molar-refractivity contribution in [2.24, 2.45) is 5.41 Å². The number of rotatable bonds is 5. The van der Waals surface area contributed by atoms with E-state index in [4.69, 9.17) is 10.00 Å². The number of carbonyl (C=O) groups is 1. The second-order valence-corrected chi connectivity index (χ2v) is 3.87. The number of hydrogen-bond acceptors (Lipinski definition) is 3. The molecule has 0 aromatic carbocycles. The van der Waals surface area contributed by atoms with E-state index >= 15 is 0 Å². The van der Waals surface area contributed by atoms with Gasteiger partial charge in [0.05, 0.1) is 6.61 Å². The predicted molar refractivity (Wildman–Crippen MR) is 58.9 cm³/mol. The number of hydrogen-bond donors (Lipinski definition) is 0. The third-order valence-corrected chi connectivity index (χ3v) is 1.82. The lowest BCUT2D eigenvalue weighted by molar-refractivity contribution is -0.138. The van der Waals surface area contributed by atoms with Crippen LogP contribution in [0.25, 0.3) is 0 Å². The van der Waals surface area contributed by atoms with E-state index < -0.39 is 5.97 Å². The zero-order valence-electron chi connectivity index (χ0n) is 9.54. The van der Waals surface area contributed by atoms with Crippen LogP contribution in [0, 0.1) is 16.7 Å².